The summed E-state index contributed by atoms with van der Waals surface area (Å²) in [6.07, 6.45) is 9.52. The first-order chi connectivity index (χ1) is 12.1. The van der Waals surface area contributed by atoms with Crippen LogP contribution in [0, 0.1) is 0 Å². The molecule has 0 aliphatic carbocycles. The lowest BCUT2D eigenvalue weighted by atomic mass is 9.82. The second-order valence-corrected chi connectivity index (χ2v) is 7.41. The standard InChI is InChI=1S/C19H30N4O2/c1-22-16-7-6-8-17(22)14-15(13-16)21-19(25)20-10-3-5-12-23-11-4-2-9-18(23)24/h2,4,9,11,15-17H,3,5-8,10,12-14H2,1H3,(H2,20,21,25)/t16-,17-/m0/s1. The highest BCUT2D eigenvalue weighted by Crippen LogP contribution is 2.32. The molecule has 0 radical (unpaired) electrons. The van der Waals surface area contributed by atoms with Crippen molar-refractivity contribution in [2.75, 3.05) is 13.6 Å². The van der Waals surface area contributed by atoms with Crippen molar-refractivity contribution >= 4 is 6.03 Å². The third-order valence-electron chi connectivity index (χ3n) is 5.69. The van der Waals surface area contributed by atoms with Crippen molar-refractivity contribution < 1.29 is 4.79 Å². The zero-order valence-corrected chi connectivity index (χ0v) is 15.1. The van der Waals surface area contributed by atoms with E-state index in [1.54, 1.807) is 22.9 Å². The lowest BCUT2D eigenvalue weighted by Crippen LogP contribution is -2.56. The number of aromatic nitrogens is 1. The SMILES string of the molecule is CN1[C@H]2CCC[C@H]1CC(NC(=O)NCCCCn1ccccc1=O)C2. The molecule has 1 aromatic rings. The first kappa shape index (κ1) is 18.0. The quantitative estimate of drug-likeness (QED) is 0.774. The molecule has 0 saturated carbocycles. The van der Waals surface area contributed by atoms with E-state index in [2.05, 4.69) is 22.6 Å². The van der Waals surface area contributed by atoms with Crippen LogP contribution in [0.2, 0.25) is 0 Å². The topological polar surface area (TPSA) is 66.4 Å². The number of pyridine rings is 1. The van der Waals surface area contributed by atoms with Crippen molar-refractivity contribution in [3.05, 3.63) is 34.7 Å². The van der Waals surface area contributed by atoms with Gasteiger partial charge >= 0.3 is 6.03 Å². The second kappa shape index (κ2) is 8.52. The maximum Gasteiger partial charge on any atom is 0.315 e. The first-order valence-corrected chi connectivity index (χ1v) is 9.55. The molecule has 0 spiro atoms. The Morgan fingerprint density at radius 2 is 1.96 bits per heavy atom. The number of urea groups is 1. The minimum atomic E-state index is -0.0514. The van der Waals surface area contributed by atoms with Gasteiger partial charge in [-0.2, -0.15) is 0 Å². The molecule has 0 unspecified atom stereocenters. The van der Waals surface area contributed by atoms with Gasteiger partial charge in [0.15, 0.2) is 0 Å². The first-order valence-electron chi connectivity index (χ1n) is 9.55. The minimum absolute atomic E-state index is 0.0287. The van der Waals surface area contributed by atoms with E-state index >= 15 is 0 Å². The maximum absolute atomic E-state index is 12.1. The number of amides is 2. The van der Waals surface area contributed by atoms with E-state index in [0.29, 0.717) is 31.2 Å². The summed E-state index contributed by atoms with van der Waals surface area (Å²) in [6, 6.07) is 6.69. The van der Waals surface area contributed by atoms with Crippen molar-refractivity contribution in [2.45, 2.75) is 69.6 Å². The highest BCUT2D eigenvalue weighted by molar-refractivity contribution is 5.74. The number of carbonyl (C=O) groups is 1. The zero-order chi connectivity index (χ0) is 17.6. The molecule has 3 heterocycles. The maximum atomic E-state index is 12.1. The predicted octanol–water partition coefficient (Wildman–Crippen LogP) is 1.94. The van der Waals surface area contributed by atoms with E-state index in [1.807, 2.05) is 6.07 Å². The van der Waals surface area contributed by atoms with Gasteiger partial charge in [0.05, 0.1) is 0 Å². The Bertz CT molecular complexity index is 616. The lowest BCUT2D eigenvalue weighted by molar-refractivity contribution is 0.0509. The van der Waals surface area contributed by atoms with Gasteiger partial charge in [-0.25, -0.2) is 4.79 Å². The van der Waals surface area contributed by atoms with Gasteiger partial charge in [0.1, 0.15) is 0 Å². The predicted molar refractivity (Wildman–Crippen MR) is 98.7 cm³/mol. The molecule has 2 aliphatic heterocycles. The molecule has 3 rings (SSSR count). The van der Waals surface area contributed by atoms with Gasteiger partial charge in [-0.3, -0.25) is 4.79 Å². The fraction of sp³-hybridized carbons (Fsp3) is 0.684. The van der Waals surface area contributed by atoms with Crippen LogP contribution >= 0.6 is 0 Å². The number of hydrogen-bond donors (Lipinski definition) is 2. The van der Waals surface area contributed by atoms with Gasteiger partial charge in [-0.05, 0) is 51.6 Å². The van der Waals surface area contributed by atoms with Crippen molar-refractivity contribution in [3.63, 3.8) is 0 Å². The number of nitrogens with zero attached hydrogens (tertiary/aromatic N) is 2. The highest BCUT2D eigenvalue weighted by Gasteiger charge is 2.36. The van der Waals surface area contributed by atoms with Crippen LogP contribution in [0.15, 0.2) is 29.2 Å². The molecule has 6 nitrogen and oxygen atoms in total. The molecule has 2 atom stereocenters. The van der Waals surface area contributed by atoms with E-state index in [9.17, 15) is 9.59 Å². The van der Waals surface area contributed by atoms with E-state index < -0.39 is 0 Å². The number of rotatable bonds is 6. The average Bonchev–Trinajstić information content (AvgIpc) is 2.57. The molecule has 2 amide bonds. The summed E-state index contributed by atoms with van der Waals surface area (Å²) >= 11 is 0. The normalized spacial score (nSPS) is 26.2. The summed E-state index contributed by atoms with van der Waals surface area (Å²) in [4.78, 5) is 26.2. The fourth-order valence-electron chi connectivity index (χ4n) is 4.22. The lowest BCUT2D eigenvalue weighted by Gasteiger charge is -2.47. The number of fused-ring (bicyclic) bond motifs is 2. The fourth-order valence-corrected chi connectivity index (χ4v) is 4.22. The minimum Gasteiger partial charge on any atom is -0.338 e. The third kappa shape index (κ3) is 4.84. The Kier molecular flexibility index (Phi) is 6.13. The van der Waals surface area contributed by atoms with E-state index in [0.717, 1.165) is 25.7 Å². The van der Waals surface area contributed by atoms with Crippen molar-refractivity contribution in [1.29, 1.82) is 0 Å². The molecule has 2 bridgehead atoms. The van der Waals surface area contributed by atoms with Gasteiger partial charge in [0.25, 0.3) is 0 Å². The van der Waals surface area contributed by atoms with E-state index in [-0.39, 0.29) is 11.6 Å². The highest BCUT2D eigenvalue weighted by atomic mass is 16.2. The van der Waals surface area contributed by atoms with Crippen molar-refractivity contribution in [1.82, 2.24) is 20.1 Å². The molecule has 2 N–H and O–H groups in total. The van der Waals surface area contributed by atoms with Crippen LogP contribution in [-0.4, -0.2) is 47.2 Å². The summed E-state index contributed by atoms with van der Waals surface area (Å²) in [6.45, 7) is 1.34. The van der Waals surface area contributed by atoms with E-state index in [1.165, 1.54) is 19.3 Å². The largest absolute Gasteiger partial charge is 0.338 e. The molecular weight excluding hydrogens is 316 g/mol. The van der Waals surface area contributed by atoms with Crippen LogP contribution < -0.4 is 16.2 Å². The average molecular weight is 346 g/mol. The Balaban J connectivity index is 1.32. The Morgan fingerprint density at radius 1 is 1.20 bits per heavy atom. The number of aryl methyl sites for hydroxylation is 1. The summed E-state index contributed by atoms with van der Waals surface area (Å²) in [5.74, 6) is 0. The monoisotopic (exact) mass is 346 g/mol. The van der Waals surface area contributed by atoms with Gasteiger partial charge in [0.2, 0.25) is 5.56 Å². The van der Waals surface area contributed by atoms with Gasteiger partial charge in [-0.15, -0.1) is 0 Å². The summed E-state index contributed by atoms with van der Waals surface area (Å²) < 4.78 is 1.71. The number of hydrogen-bond acceptors (Lipinski definition) is 3. The molecule has 1 aromatic heterocycles. The van der Waals surface area contributed by atoms with Crippen molar-refractivity contribution in [3.8, 4) is 0 Å². The Hall–Kier alpha value is -1.82. The second-order valence-electron chi connectivity index (χ2n) is 7.41. The molecular formula is C19H30N4O2. The zero-order valence-electron chi connectivity index (χ0n) is 15.1. The Morgan fingerprint density at radius 3 is 2.68 bits per heavy atom. The number of carbonyl (C=O) groups excluding carboxylic acids is 1. The molecule has 0 aromatic carbocycles. The van der Waals surface area contributed by atoms with Crippen LogP contribution in [0.4, 0.5) is 4.79 Å². The van der Waals surface area contributed by atoms with Gasteiger partial charge in [0, 0.05) is 43.5 Å². The molecule has 138 valence electrons. The molecule has 2 aliphatic rings. The van der Waals surface area contributed by atoms with Crippen LogP contribution in [0.1, 0.15) is 44.9 Å². The van der Waals surface area contributed by atoms with Crippen LogP contribution in [0.25, 0.3) is 0 Å². The Labute approximate surface area is 149 Å². The number of unbranched alkanes of at least 4 members (excludes halogenated alkanes) is 1. The summed E-state index contributed by atoms with van der Waals surface area (Å²) in [7, 11) is 2.23. The summed E-state index contributed by atoms with van der Waals surface area (Å²) in [5, 5.41) is 6.11. The smallest absolute Gasteiger partial charge is 0.315 e. The van der Waals surface area contributed by atoms with Gasteiger partial charge < -0.3 is 20.1 Å². The van der Waals surface area contributed by atoms with Crippen LogP contribution in [0.5, 0.6) is 0 Å². The van der Waals surface area contributed by atoms with Gasteiger partial charge in [-0.1, -0.05) is 12.5 Å². The van der Waals surface area contributed by atoms with Crippen LogP contribution in [-0.2, 0) is 6.54 Å². The molecule has 2 saturated heterocycles. The summed E-state index contributed by atoms with van der Waals surface area (Å²) in [5.41, 5.74) is 0.0287. The van der Waals surface area contributed by atoms with E-state index in [4.69, 9.17) is 0 Å². The van der Waals surface area contributed by atoms with Crippen LogP contribution in [0.3, 0.4) is 0 Å². The molecule has 25 heavy (non-hydrogen) atoms. The molecule has 2 fully saturated rings. The number of nitrogens with one attached hydrogen (secondary N) is 2. The third-order valence-corrected chi connectivity index (χ3v) is 5.69. The molecule has 6 heteroatoms. The van der Waals surface area contributed by atoms with Crippen molar-refractivity contribution in [2.24, 2.45) is 0 Å². The number of piperidine rings is 2.